The molecule has 216 valence electrons. The first-order valence-corrected chi connectivity index (χ1v) is 14.1. The second kappa shape index (κ2) is 12.2. The molecule has 41 heavy (non-hydrogen) atoms. The summed E-state index contributed by atoms with van der Waals surface area (Å²) in [7, 11) is 1.55. The van der Waals surface area contributed by atoms with E-state index in [9.17, 15) is 14.4 Å². The summed E-state index contributed by atoms with van der Waals surface area (Å²) in [5.41, 5.74) is -1.30. The van der Waals surface area contributed by atoms with Crippen LogP contribution in [0.5, 0.6) is 5.75 Å². The summed E-state index contributed by atoms with van der Waals surface area (Å²) in [5.74, 6) is 0.390. The fourth-order valence-electron chi connectivity index (χ4n) is 4.83. The molecule has 4 rings (SSSR count). The van der Waals surface area contributed by atoms with Crippen molar-refractivity contribution in [1.29, 1.82) is 5.26 Å². The zero-order valence-corrected chi connectivity index (χ0v) is 24.9. The lowest BCUT2D eigenvalue weighted by Crippen LogP contribution is -2.53. The van der Waals surface area contributed by atoms with Crippen LogP contribution in [0.2, 0.25) is 0 Å². The number of fused-ring (bicyclic) bond motifs is 1. The van der Waals surface area contributed by atoms with Crippen molar-refractivity contribution < 1.29 is 14.3 Å². The third kappa shape index (κ3) is 5.73. The Labute approximate surface area is 241 Å². The van der Waals surface area contributed by atoms with E-state index in [1.165, 1.54) is 33.1 Å². The molecule has 0 saturated carbocycles. The number of rotatable bonds is 12. The number of nitrogens with zero attached hydrogens (tertiary/aromatic N) is 6. The van der Waals surface area contributed by atoms with Crippen LogP contribution in [-0.4, -0.2) is 43.6 Å². The molecular weight excluding hydrogens is 544 g/mol. The van der Waals surface area contributed by atoms with Gasteiger partial charge in [-0.1, -0.05) is 43.4 Å². The highest BCUT2D eigenvalue weighted by Crippen LogP contribution is 2.34. The molecule has 0 bridgehead atoms. The maximum Gasteiger partial charge on any atom is 0.333 e. The lowest BCUT2D eigenvalue weighted by molar-refractivity contribution is -0.127. The van der Waals surface area contributed by atoms with Gasteiger partial charge in [-0.15, -0.1) is 4.80 Å². The van der Waals surface area contributed by atoms with Gasteiger partial charge in [-0.2, -0.15) is 15.5 Å². The SMILES string of the molecule is COc1ccccc1[C@H](Cn1c(=O)n(C(C)(C)C(=O)CC(C)C)c(=O)c2c(C)c(-n3nccn3)sc21)OCCC#N. The number of carbonyl (C=O) groups is 1. The number of nitriles is 1. The number of methoxy groups -OCH3 is 1. The van der Waals surface area contributed by atoms with Crippen molar-refractivity contribution in [3.05, 3.63) is 68.6 Å². The van der Waals surface area contributed by atoms with Crippen LogP contribution in [0.3, 0.4) is 0 Å². The highest BCUT2D eigenvalue weighted by Gasteiger charge is 2.36. The molecule has 11 nitrogen and oxygen atoms in total. The number of aryl methyl sites for hydroxylation is 1. The first-order valence-electron chi connectivity index (χ1n) is 13.3. The Hall–Kier alpha value is -4.08. The van der Waals surface area contributed by atoms with Crippen molar-refractivity contribution in [3.63, 3.8) is 0 Å². The lowest BCUT2D eigenvalue weighted by Gasteiger charge is -2.28. The summed E-state index contributed by atoms with van der Waals surface area (Å²) in [6.45, 7) is 8.96. The molecule has 3 aromatic heterocycles. The van der Waals surface area contributed by atoms with E-state index in [1.807, 2.05) is 32.0 Å². The Balaban J connectivity index is 2.01. The quantitative estimate of drug-likeness (QED) is 0.229. The third-order valence-electron chi connectivity index (χ3n) is 6.99. The fourth-order valence-corrected chi connectivity index (χ4v) is 6.05. The van der Waals surface area contributed by atoms with Crippen LogP contribution in [0.4, 0.5) is 0 Å². The van der Waals surface area contributed by atoms with Crippen molar-refractivity contribution in [2.24, 2.45) is 5.92 Å². The van der Waals surface area contributed by atoms with Crippen LogP contribution < -0.4 is 16.0 Å². The summed E-state index contributed by atoms with van der Waals surface area (Å²) in [6, 6.07) is 9.37. The number of hydrogen-bond donors (Lipinski definition) is 0. The van der Waals surface area contributed by atoms with Crippen LogP contribution in [0, 0.1) is 24.2 Å². The summed E-state index contributed by atoms with van der Waals surface area (Å²) in [6.07, 6.45) is 2.73. The van der Waals surface area contributed by atoms with Gasteiger partial charge < -0.3 is 9.47 Å². The first-order chi connectivity index (χ1) is 19.5. The number of hydrogen-bond acceptors (Lipinski definition) is 9. The van der Waals surface area contributed by atoms with E-state index in [4.69, 9.17) is 14.7 Å². The molecule has 12 heteroatoms. The molecule has 0 unspecified atom stereocenters. The Morgan fingerprint density at radius 3 is 2.49 bits per heavy atom. The van der Waals surface area contributed by atoms with Gasteiger partial charge in [-0.3, -0.25) is 14.2 Å². The zero-order valence-electron chi connectivity index (χ0n) is 24.1. The normalized spacial score (nSPS) is 12.5. The first kappa shape index (κ1) is 29.9. The Morgan fingerprint density at radius 1 is 1.17 bits per heavy atom. The third-order valence-corrected chi connectivity index (χ3v) is 8.27. The van der Waals surface area contributed by atoms with Crippen LogP contribution in [0.15, 0.2) is 46.2 Å². The van der Waals surface area contributed by atoms with Crippen LogP contribution in [0.25, 0.3) is 15.2 Å². The predicted octanol–water partition coefficient (Wildman–Crippen LogP) is 4.14. The molecule has 0 amide bonds. The predicted molar refractivity (Wildman–Crippen MR) is 156 cm³/mol. The monoisotopic (exact) mass is 578 g/mol. The van der Waals surface area contributed by atoms with E-state index in [0.717, 1.165) is 4.57 Å². The van der Waals surface area contributed by atoms with Crippen molar-refractivity contribution in [1.82, 2.24) is 24.1 Å². The summed E-state index contributed by atoms with van der Waals surface area (Å²) in [5, 5.41) is 18.5. The van der Waals surface area contributed by atoms with Gasteiger partial charge >= 0.3 is 5.69 Å². The molecule has 0 radical (unpaired) electrons. The molecule has 0 aliphatic carbocycles. The second-order valence-corrected chi connectivity index (χ2v) is 11.6. The smallest absolute Gasteiger partial charge is 0.333 e. The molecule has 1 atom stereocenters. The average Bonchev–Trinajstić information content (AvgIpc) is 3.58. The number of ether oxygens (including phenoxy) is 2. The Bertz CT molecular complexity index is 1710. The van der Waals surface area contributed by atoms with Crippen LogP contribution in [-0.2, 0) is 21.6 Å². The minimum absolute atomic E-state index is 0.00178. The minimum atomic E-state index is -1.41. The van der Waals surface area contributed by atoms with Crippen molar-refractivity contribution in [2.75, 3.05) is 13.7 Å². The van der Waals surface area contributed by atoms with Crippen LogP contribution >= 0.6 is 11.3 Å². The van der Waals surface area contributed by atoms with E-state index >= 15 is 0 Å². The van der Waals surface area contributed by atoms with Gasteiger partial charge in [0.15, 0.2) is 5.78 Å². The van der Waals surface area contributed by atoms with Crippen LogP contribution in [0.1, 0.15) is 57.8 Å². The Morgan fingerprint density at radius 2 is 1.85 bits per heavy atom. The van der Waals surface area contributed by atoms with Gasteiger partial charge in [-0.25, -0.2) is 9.36 Å². The summed E-state index contributed by atoms with van der Waals surface area (Å²) < 4.78 is 14.3. The number of ketones is 1. The van der Waals surface area contributed by atoms with E-state index in [1.54, 1.807) is 33.9 Å². The van der Waals surface area contributed by atoms with Gasteiger partial charge in [0, 0.05) is 17.5 Å². The second-order valence-electron chi connectivity index (χ2n) is 10.7. The maximum atomic E-state index is 14.3. The van der Waals surface area contributed by atoms with Gasteiger partial charge in [0.25, 0.3) is 5.56 Å². The molecule has 0 spiro atoms. The highest BCUT2D eigenvalue weighted by molar-refractivity contribution is 7.21. The highest BCUT2D eigenvalue weighted by atomic mass is 32.1. The molecule has 1 aromatic carbocycles. The Kier molecular flexibility index (Phi) is 8.89. The van der Waals surface area contributed by atoms with Gasteiger partial charge in [0.2, 0.25) is 0 Å². The van der Waals surface area contributed by atoms with Crippen molar-refractivity contribution >= 4 is 27.3 Å². The topological polar surface area (TPSA) is 134 Å². The van der Waals surface area contributed by atoms with Crippen molar-refractivity contribution in [3.8, 4) is 16.8 Å². The molecule has 0 saturated heterocycles. The molecule has 0 aliphatic heterocycles. The zero-order chi connectivity index (χ0) is 29.9. The molecule has 0 N–H and O–H groups in total. The van der Waals surface area contributed by atoms with E-state index < -0.39 is 22.9 Å². The van der Waals surface area contributed by atoms with E-state index in [0.29, 0.717) is 32.1 Å². The number of thiophene rings is 1. The number of para-hydroxylation sites is 1. The number of aromatic nitrogens is 5. The fraction of sp³-hybridized carbons (Fsp3) is 0.448. The van der Waals surface area contributed by atoms with Gasteiger partial charge in [0.1, 0.15) is 27.2 Å². The van der Waals surface area contributed by atoms with Gasteiger partial charge in [-0.05, 0) is 32.8 Å². The largest absolute Gasteiger partial charge is 0.496 e. The molecular formula is C29H34N6O5S. The number of carbonyl (C=O) groups excluding carboxylic acids is 1. The average molecular weight is 579 g/mol. The lowest BCUT2D eigenvalue weighted by atomic mass is 9.91. The molecule has 4 aromatic rings. The number of Topliss-reactive ketones (excluding diaryl/α,β-unsaturated/α-hetero) is 1. The van der Waals surface area contributed by atoms with Gasteiger partial charge in [0.05, 0.1) is 50.5 Å². The standard InChI is InChI=1S/C29H34N6O5S/c1-18(2)16-23(36)29(4,5)34-25(37)24-19(3)26(35-31-13-14-32-35)41-27(24)33(28(34)38)17-22(40-15-9-12-30)20-10-7-8-11-21(20)39-6/h7-8,10-11,13-14,18,22H,9,15-17H2,1-6H3/t22-/m0/s1. The molecule has 3 heterocycles. The van der Waals surface area contributed by atoms with E-state index in [2.05, 4.69) is 16.3 Å². The maximum absolute atomic E-state index is 14.3. The molecule has 0 aliphatic rings. The van der Waals surface area contributed by atoms with Crippen molar-refractivity contribution in [2.45, 2.75) is 65.6 Å². The number of benzene rings is 1. The minimum Gasteiger partial charge on any atom is -0.496 e. The van der Waals surface area contributed by atoms with E-state index in [-0.39, 0.29) is 37.7 Å². The summed E-state index contributed by atoms with van der Waals surface area (Å²) in [4.78, 5) is 43.6. The molecule has 0 fully saturated rings. The summed E-state index contributed by atoms with van der Waals surface area (Å²) >= 11 is 1.21.